The minimum atomic E-state index is -4.68. The molecule has 0 saturated carbocycles. The van der Waals surface area contributed by atoms with Gasteiger partial charge in [-0.05, 0) is 30.3 Å². The van der Waals surface area contributed by atoms with Crippen molar-refractivity contribution >= 4 is 9.84 Å². The highest BCUT2D eigenvalue weighted by Crippen LogP contribution is 2.38. The number of nitrogens with zero attached hydrogens (tertiary/aromatic N) is 1. The van der Waals surface area contributed by atoms with Gasteiger partial charge in [-0.2, -0.15) is 13.2 Å². The van der Waals surface area contributed by atoms with Crippen molar-refractivity contribution in [1.82, 2.24) is 9.97 Å². The number of rotatable bonds is 5. The van der Waals surface area contributed by atoms with Gasteiger partial charge in [-0.15, -0.1) is 0 Å². The van der Waals surface area contributed by atoms with E-state index in [1.54, 1.807) is 12.1 Å². The van der Waals surface area contributed by atoms with Crippen molar-refractivity contribution in [3.05, 3.63) is 48.3 Å². The van der Waals surface area contributed by atoms with Gasteiger partial charge in [-0.25, -0.2) is 13.4 Å². The van der Waals surface area contributed by atoms with E-state index < -0.39 is 21.8 Å². The summed E-state index contributed by atoms with van der Waals surface area (Å²) in [6.07, 6.45) is -3.63. The number of hydrogen-bond donors (Lipinski definition) is 1. The van der Waals surface area contributed by atoms with Crippen LogP contribution in [0.25, 0.3) is 22.5 Å². The molecular weight excluding hydrogens is 409 g/mol. The molecule has 0 atom stereocenters. The van der Waals surface area contributed by atoms with Crippen molar-refractivity contribution in [2.24, 2.45) is 0 Å². The van der Waals surface area contributed by atoms with Crippen LogP contribution in [-0.4, -0.2) is 38.9 Å². The van der Waals surface area contributed by atoms with Crippen LogP contribution < -0.4 is 9.47 Å². The maximum absolute atomic E-state index is 13.3. The molecule has 0 amide bonds. The average molecular weight is 426 g/mol. The molecule has 29 heavy (non-hydrogen) atoms. The van der Waals surface area contributed by atoms with Gasteiger partial charge in [0.05, 0.1) is 30.5 Å². The van der Waals surface area contributed by atoms with Gasteiger partial charge in [-0.1, -0.05) is 12.1 Å². The number of ether oxygens (including phenoxy) is 2. The Balaban J connectivity index is 2.19. The molecule has 6 nitrogen and oxygen atoms in total. The molecule has 0 aliphatic carbocycles. The number of methoxy groups -OCH3 is 2. The predicted molar refractivity (Wildman–Crippen MR) is 101 cm³/mol. The van der Waals surface area contributed by atoms with Crippen molar-refractivity contribution in [2.75, 3.05) is 20.5 Å². The van der Waals surface area contributed by atoms with Crippen LogP contribution >= 0.6 is 0 Å². The molecule has 1 heterocycles. The van der Waals surface area contributed by atoms with Crippen LogP contribution in [0.1, 0.15) is 5.82 Å². The molecule has 2 aromatic carbocycles. The van der Waals surface area contributed by atoms with Crippen LogP contribution in [0.2, 0.25) is 0 Å². The first-order chi connectivity index (χ1) is 13.5. The summed E-state index contributed by atoms with van der Waals surface area (Å²) in [7, 11) is -0.573. The summed E-state index contributed by atoms with van der Waals surface area (Å²) in [4.78, 5) is 6.10. The number of halogens is 3. The number of H-pyrrole nitrogens is 1. The van der Waals surface area contributed by atoms with E-state index in [1.807, 2.05) is 0 Å². The number of imidazole rings is 1. The quantitative estimate of drug-likeness (QED) is 0.662. The molecule has 0 aliphatic rings. The molecule has 1 aromatic heterocycles. The molecule has 0 radical (unpaired) electrons. The first-order valence-electron chi connectivity index (χ1n) is 8.24. The van der Waals surface area contributed by atoms with Gasteiger partial charge in [0.1, 0.15) is 0 Å². The zero-order valence-electron chi connectivity index (χ0n) is 15.7. The first-order valence-corrected chi connectivity index (χ1v) is 10.1. The van der Waals surface area contributed by atoms with Crippen LogP contribution in [0.5, 0.6) is 11.5 Å². The zero-order valence-corrected chi connectivity index (χ0v) is 16.5. The summed E-state index contributed by atoms with van der Waals surface area (Å²) in [5, 5.41) is 0. The Kier molecular flexibility index (Phi) is 5.31. The van der Waals surface area contributed by atoms with Crippen molar-refractivity contribution in [3.8, 4) is 34.0 Å². The molecule has 3 rings (SSSR count). The van der Waals surface area contributed by atoms with Crippen LogP contribution in [0.15, 0.2) is 47.4 Å². The number of nitrogens with one attached hydrogen (secondary N) is 1. The molecular formula is C19H17F3N2O4S. The van der Waals surface area contributed by atoms with E-state index in [9.17, 15) is 21.6 Å². The summed E-state index contributed by atoms with van der Waals surface area (Å²) in [6.45, 7) is 0. The van der Waals surface area contributed by atoms with E-state index in [0.29, 0.717) is 22.6 Å². The molecule has 0 saturated heterocycles. The number of sulfone groups is 1. The van der Waals surface area contributed by atoms with E-state index >= 15 is 0 Å². The highest BCUT2D eigenvalue weighted by atomic mass is 32.2. The lowest BCUT2D eigenvalue weighted by molar-refractivity contribution is -0.144. The van der Waals surface area contributed by atoms with Gasteiger partial charge in [0.2, 0.25) is 5.82 Å². The lowest BCUT2D eigenvalue weighted by atomic mass is 10.0. The fourth-order valence-corrected chi connectivity index (χ4v) is 3.41. The molecule has 0 bridgehead atoms. The van der Waals surface area contributed by atoms with E-state index in [2.05, 4.69) is 9.97 Å². The second-order valence-electron chi connectivity index (χ2n) is 6.17. The fraction of sp³-hybridized carbons (Fsp3) is 0.211. The standard InChI is InChI=1S/C19H17F3N2O4S/c1-27-14-9-6-12(10-15(14)28-2)17-16(23-18(24-17)19(20,21)22)11-4-7-13(8-5-11)29(3,25)26/h4-10H,1-3H3,(H,23,24). The van der Waals surface area contributed by atoms with E-state index in [0.717, 1.165) is 6.26 Å². The second kappa shape index (κ2) is 7.43. The normalized spacial score (nSPS) is 12.1. The minimum Gasteiger partial charge on any atom is -0.493 e. The summed E-state index contributed by atoms with van der Waals surface area (Å²) in [5.41, 5.74) is 0.872. The predicted octanol–water partition coefficient (Wildman–Crippen LogP) is 4.18. The number of aromatic amines is 1. The van der Waals surface area contributed by atoms with Gasteiger partial charge in [0, 0.05) is 17.4 Å². The zero-order chi connectivity index (χ0) is 21.4. The summed E-state index contributed by atoms with van der Waals surface area (Å²) < 4.78 is 73.5. The lowest BCUT2D eigenvalue weighted by Gasteiger charge is -2.10. The topological polar surface area (TPSA) is 81.3 Å². The Hall–Kier alpha value is -3.01. The smallest absolute Gasteiger partial charge is 0.449 e. The van der Waals surface area contributed by atoms with E-state index in [4.69, 9.17) is 9.47 Å². The van der Waals surface area contributed by atoms with Crippen molar-refractivity contribution in [2.45, 2.75) is 11.1 Å². The molecule has 0 spiro atoms. The van der Waals surface area contributed by atoms with Crippen LogP contribution in [0.3, 0.4) is 0 Å². The Bertz CT molecular complexity index is 1140. The Morgan fingerprint density at radius 1 is 0.931 bits per heavy atom. The van der Waals surface area contributed by atoms with E-state index in [1.165, 1.54) is 44.6 Å². The van der Waals surface area contributed by atoms with Crippen LogP contribution in [-0.2, 0) is 16.0 Å². The van der Waals surface area contributed by atoms with Gasteiger partial charge < -0.3 is 14.5 Å². The third kappa shape index (κ3) is 4.21. The maximum Gasteiger partial charge on any atom is 0.449 e. The molecule has 10 heteroatoms. The second-order valence-corrected chi connectivity index (χ2v) is 8.19. The third-order valence-corrected chi connectivity index (χ3v) is 5.33. The first kappa shape index (κ1) is 20.7. The fourth-order valence-electron chi connectivity index (χ4n) is 2.78. The van der Waals surface area contributed by atoms with Gasteiger partial charge in [0.15, 0.2) is 21.3 Å². The summed E-state index contributed by atoms with van der Waals surface area (Å²) in [6, 6.07) is 10.2. The van der Waals surface area contributed by atoms with Crippen molar-refractivity contribution in [1.29, 1.82) is 0 Å². The van der Waals surface area contributed by atoms with Crippen LogP contribution in [0, 0.1) is 0 Å². The summed E-state index contributed by atoms with van der Waals surface area (Å²) >= 11 is 0. The Labute approximate surface area is 165 Å². The highest BCUT2D eigenvalue weighted by Gasteiger charge is 2.36. The average Bonchev–Trinajstić information content (AvgIpc) is 3.12. The van der Waals surface area contributed by atoms with Crippen molar-refractivity contribution in [3.63, 3.8) is 0 Å². The van der Waals surface area contributed by atoms with Gasteiger partial charge >= 0.3 is 6.18 Å². The largest absolute Gasteiger partial charge is 0.493 e. The maximum atomic E-state index is 13.3. The molecule has 0 aliphatic heterocycles. The lowest BCUT2D eigenvalue weighted by Crippen LogP contribution is -2.07. The monoisotopic (exact) mass is 426 g/mol. The molecule has 0 fully saturated rings. The highest BCUT2D eigenvalue weighted by molar-refractivity contribution is 7.90. The molecule has 0 unspecified atom stereocenters. The number of hydrogen-bond acceptors (Lipinski definition) is 5. The van der Waals surface area contributed by atoms with Gasteiger partial charge in [0.25, 0.3) is 0 Å². The minimum absolute atomic E-state index is 0.0467. The van der Waals surface area contributed by atoms with Gasteiger partial charge in [-0.3, -0.25) is 0 Å². The van der Waals surface area contributed by atoms with Crippen molar-refractivity contribution < 1.29 is 31.1 Å². The Morgan fingerprint density at radius 2 is 1.52 bits per heavy atom. The Morgan fingerprint density at radius 3 is 2.03 bits per heavy atom. The SMILES string of the molecule is COc1ccc(-c2nc(C(F)(F)F)[nH]c2-c2ccc(S(C)(=O)=O)cc2)cc1OC. The molecule has 154 valence electrons. The molecule has 1 N–H and O–H groups in total. The number of aromatic nitrogens is 2. The van der Waals surface area contributed by atoms with E-state index in [-0.39, 0.29) is 16.3 Å². The third-order valence-electron chi connectivity index (χ3n) is 4.20. The summed E-state index contributed by atoms with van der Waals surface area (Å²) in [5.74, 6) is -0.411. The van der Waals surface area contributed by atoms with Crippen LogP contribution in [0.4, 0.5) is 13.2 Å². The number of benzene rings is 2. The molecule has 3 aromatic rings. The number of alkyl halides is 3.